The Kier molecular flexibility index (Phi) is 7.72. The summed E-state index contributed by atoms with van der Waals surface area (Å²) >= 11 is 0. The van der Waals surface area contributed by atoms with Crippen molar-refractivity contribution in [1.82, 2.24) is 14.9 Å². The lowest BCUT2D eigenvalue weighted by atomic mass is 10.2. The van der Waals surface area contributed by atoms with Crippen molar-refractivity contribution in [3.8, 4) is 0 Å². The number of nitrogens with zero attached hydrogens (tertiary/aromatic N) is 1. The number of carbonyl (C=O) groups is 1. The Hall–Kier alpha value is -2.67. The van der Waals surface area contributed by atoms with Gasteiger partial charge < -0.3 is 15.4 Å². The molecule has 10 nitrogen and oxygen atoms in total. The van der Waals surface area contributed by atoms with Crippen molar-refractivity contribution >= 4 is 31.8 Å². The lowest BCUT2D eigenvalue weighted by molar-refractivity contribution is 0.0730. The lowest BCUT2D eigenvalue weighted by Gasteiger charge is -2.27. The summed E-state index contributed by atoms with van der Waals surface area (Å²) in [6, 6.07) is 12.7. The van der Waals surface area contributed by atoms with Crippen LogP contribution in [0.1, 0.15) is 11.1 Å². The zero-order valence-corrected chi connectivity index (χ0v) is 19.2. The number of ether oxygens (including phenoxy) is 1. The minimum atomic E-state index is -3.69. The fraction of sp³-hybridized carbons (Fsp3) is 0.350. The predicted molar refractivity (Wildman–Crippen MR) is 120 cm³/mol. The summed E-state index contributed by atoms with van der Waals surface area (Å²) in [5, 5.41) is 5.35. The van der Waals surface area contributed by atoms with Gasteiger partial charge in [-0.2, -0.15) is 4.31 Å². The van der Waals surface area contributed by atoms with Crippen LogP contribution in [-0.4, -0.2) is 59.7 Å². The third kappa shape index (κ3) is 6.66. The Labute approximate surface area is 188 Å². The highest BCUT2D eigenvalue weighted by Gasteiger charge is 2.28. The fourth-order valence-corrected chi connectivity index (χ4v) is 5.39. The number of rotatable bonds is 8. The maximum atomic E-state index is 13.0. The molecule has 174 valence electrons. The number of benzene rings is 2. The first-order chi connectivity index (χ1) is 15.1. The Morgan fingerprint density at radius 2 is 1.66 bits per heavy atom. The molecule has 2 amide bonds. The number of carbonyl (C=O) groups excluding carboxylic acids is 1. The average molecular weight is 483 g/mol. The van der Waals surface area contributed by atoms with Crippen molar-refractivity contribution in [1.29, 1.82) is 0 Å². The normalized spacial score (nSPS) is 15.2. The molecule has 1 aliphatic rings. The van der Waals surface area contributed by atoms with E-state index in [-0.39, 0.29) is 31.1 Å². The van der Waals surface area contributed by atoms with E-state index in [1.54, 1.807) is 42.5 Å². The fourth-order valence-electron chi connectivity index (χ4n) is 3.21. The van der Waals surface area contributed by atoms with Gasteiger partial charge in [0.2, 0.25) is 20.0 Å². The summed E-state index contributed by atoms with van der Waals surface area (Å²) in [6.07, 6.45) is 1.06. The Bertz CT molecular complexity index is 1160. The van der Waals surface area contributed by atoms with E-state index in [2.05, 4.69) is 15.4 Å². The minimum absolute atomic E-state index is 0.0290. The second-order valence-corrected chi connectivity index (χ2v) is 10.9. The van der Waals surface area contributed by atoms with Crippen LogP contribution in [0.4, 0.5) is 10.5 Å². The number of amides is 2. The largest absolute Gasteiger partial charge is 0.379 e. The monoisotopic (exact) mass is 482 g/mol. The molecule has 1 heterocycles. The number of sulfonamides is 2. The number of anilines is 1. The summed E-state index contributed by atoms with van der Waals surface area (Å²) < 4.78 is 57.7. The van der Waals surface area contributed by atoms with Gasteiger partial charge in [0.25, 0.3) is 0 Å². The molecule has 0 saturated carbocycles. The smallest absolute Gasteiger partial charge is 0.315 e. The summed E-state index contributed by atoms with van der Waals surface area (Å²) in [6.45, 7) is 1.47. The number of morpholine rings is 1. The van der Waals surface area contributed by atoms with Crippen LogP contribution in [0.25, 0.3) is 0 Å². The predicted octanol–water partition coefficient (Wildman–Crippen LogP) is 1.08. The summed E-state index contributed by atoms with van der Waals surface area (Å²) in [4.78, 5) is 12.4. The molecule has 0 atom stereocenters. The molecule has 0 spiro atoms. The van der Waals surface area contributed by atoms with Gasteiger partial charge in [0.05, 0.1) is 24.4 Å². The maximum Gasteiger partial charge on any atom is 0.315 e. The zero-order valence-electron chi connectivity index (χ0n) is 17.6. The molecule has 0 radical (unpaired) electrons. The number of hydrogen-bond acceptors (Lipinski definition) is 6. The molecule has 1 saturated heterocycles. The van der Waals surface area contributed by atoms with E-state index in [1.807, 2.05) is 0 Å². The molecule has 3 rings (SSSR count). The number of hydrogen-bond donors (Lipinski definition) is 3. The van der Waals surface area contributed by atoms with Crippen molar-refractivity contribution in [2.45, 2.75) is 18.0 Å². The highest BCUT2D eigenvalue weighted by atomic mass is 32.2. The van der Waals surface area contributed by atoms with Crippen molar-refractivity contribution < 1.29 is 26.4 Å². The highest BCUT2D eigenvalue weighted by Crippen LogP contribution is 2.21. The van der Waals surface area contributed by atoms with E-state index in [0.717, 1.165) is 6.26 Å². The molecule has 3 N–H and O–H groups in total. The van der Waals surface area contributed by atoms with Gasteiger partial charge in [0.15, 0.2) is 0 Å². The highest BCUT2D eigenvalue weighted by molar-refractivity contribution is 7.92. The molecule has 2 aromatic carbocycles. The van der Waals surface area contributed by atoms with E-state index < -0.39 is 26.1 Å². The number of nitrogens with one attached hydrogen (secondary N) is 3. The Morgan fingerprint density at radius 3 is 2.38 bits per heavy atom. The van der Waals surface area contributed by atoms with Gasteiger partial charge in [-0.05, 0) is 29.3 Å². The molecule has 1 fully saturated rings. The molecule has 2 aromatic rings. The third-order valence-corrected chi connectivity index (χ3v) is 7.29. The molecule has 1 aliphatic heterocycles. The van der Waals surface area contributed by atoms with E-state index in [4.69, 9.17) is 4.74 Å². The molecule has 32 heavy (non-hydrogen) atoms. The third-order valence-electron chi connectivity index (χ3n) is 4.68. The first kappa shape index (κ1) is 24.0. The van der Waals surface area contributed by atoms with Crippen LogP contribution >= 0.6 is 0 Å². The zero-order chi connectivity index (χ0) is 23.2. The SMILES string of the molecule is CS(=O)(=O)Nc1cccc(CNC(=O)NCc2ccccc2S(=O)(=O)N2CCOCC2)c1. The van der Waals surface area contributed by atoms with Gasteiger partial charge in [-0.15, -0.1) is 0 Å². The van der Waals surface area contributed by atoms with E-state index in [1.165, 1.54) is 10.4 Å². The van der Waals surface area contributed by atoms with Gasteiger partial charge in [-0.3, -0.25) is 4.72 Å². The van der Waals surface area contributed by atoms with E-state index in [0.29, 0.717) is 30.0 Å². The molecule has 0 unspecified atom stereocenters. The Morgan fingerprint density at radius 1 is 0.969 bits per heavy atom. The molecule has 0 bridgehead atoms. The van der Waals surface area contributed by atoms with Gasteiger partial charge in [0.1, 0.15) is 0 Å². The molecular weight excluding hydrogens is 456 g/mol. The summed E-state index contributed by atoms with van der Waals surface area (Å²) in [7, 11) is -7.09. The standard InChI is InChI=1S/C20H26N4O6S2/c1-31(26,27)23-18-7-4-5-16(13-18)14-21-20(25)22-15-17-6-2-3-8-19(17)32(28,29)24-9-11-30-12-10-24/h2-8,13,23H,9-12,14-15H2,1H3,(H2,21,22,25). The van der Waals surface area contributed by atoms with Crippen LogP contribution in [0.5, 0.6) is 0 Å². The minimum Gasteiger partial charge on any atom is -0.379 e. The second kappa shape index (κ2) is 10.3. The van der Waals surface area contributed by atoms with Gasteiger partial charge in [0, 0.05) is 31.9 Å². The second-order valence-electron chi connectivity index (χ2n) is 7.24. The van der Waals surface area contributed by atoms with Gasteiger partial charge in [-0.25, -0.2) is 21.6 Å². The van der Waals surface area contributed by atoms with Gasteiger partial charge in [-0.1, -0.05) is 30.3 Å². The van der Waals surface area contributed by atoms with Crippen LogP contribution in [0, 0.1) is 0 Å². The van der Waals surface area contributed by atoms with Gasteiger partial charge >= 0.3 is 6.03 Å². The maximum absolute atomic E-state index is 13.0. The van der Waals surface area contributed by atoms with Crippen LogP contribution < -0.4 is 15.4 Å². The Balaban J connectivity index is 1.60. The van der Waals surface area contributed by atoms with E-state index in [9.17, 15) is 21.6 Å². The van der Waals surface area contributed by atoms with Crippen molar-refractivity contribution in [2.24, 2.45) is 0 Å². The molecular formula is C20H26N4O6S2. The van der Waals surface area contributed by atoms with Crippen molar-refractivity contribution in [3.05, 3.63) is 59.7 Å². The number of urea groups is 1. The summed E-state index contributed by atoms with van der Waals surface area (Å²) in [5.74, 6) is 0. The molecule has 0 aliphatic carbocycles. The molecule has 0 aromatic heterocycles. The quantitative estimate of drug-likeness (QED) is 0.516. The van der Waals surface area contributed by atoms with Crippen LogP contribution in [-0.2, 0) is 37.9 Å². The summed E-state index contributed by atoms with van der Waals surface area (Å²) in [5.41, 5.74) is 1.58. The lowest BCUT2D eigenvalue weighted by Crippen LogP contribution is -2.41. The van der Waals surface area contributed by atoms with E-state index >= 15 is 0 Å². The van der Waals surface area contributed by atoms with Crippen LogP contribution in [0.3, 0.4) is 0 Å². The van der Waals surface area contributed by atoms with Crippen molar-refractivity contribution in [2.75, 3.05) is 37.3 Å². The van der Waals surface area contributed by atoms with Crippen molar-refractivity contribution in [3.63, 3.8) is 0 Å². The molecule has 12 heteroatoms. The first-order valence-corrected chi connectivity index (χ1v) is 13.2. The van der Waals surface area contributed by atoms with Crippen LogP contribution in [0.2, 0.25) is 0 Å². The first-order valence-electron chi connectivity index (χ1n) is 9.89. The topological polar surface area (TPSA) is 134 Å². The average Bonchev–Trinajstić information content (AvgIpc) is 2.76. The van der Waals surface area contributed by atoms with Crippen LogP contribution in [0.15, 0.2) is 53.4 Å².